The first-order valence-corrected chi connectivity index (χ1v) is 7.91. The molecule has 1 fully saturated rings. The molecule has 2 heterocycles. The van der Waals surface area contributed by atoms with E-state index >= 15 is 0 Å². The highest BCUT2D eigenvalue weighted by Gasteiger charge is 2.39. The molecule has 4 nitrogen and oxygen atoms in total. The van der Waals surface area contributed by atoms with Crippen molar-refractivity contribution in [3.05, 3.63) is 27.7 Å². The van der Waals surface area contributed by atoms with Crippen molar-refractivity contribution >= 4 is 40.6 Å². The maximum Gasteiger partial charge on any atom is 0.299 e. The smallest absolute Gasteiger partial charge is 0.299 e. The first-order chi connectivity index (χ1) is 10.1. The Labute approximate surface area is 133 Å². The van der Waals surface area contributed by atoms with Gasteiger partial charge in [-0.2, -0.15) is 0 Å². The summed E-state index contributed by atoms with van der Waals surface area (Å²) in [5, 5.41) is 0.681. The Morgan fingerprint density at radius 2 is 1.62 bits per heavy atom. The molecule has 6 heteroatoms. The highest BCUT2D eigenvalue weighted by Crippen LogP contribution is 2.39. The number of likely N-dealkylation sites (tertiary alicyclic amines) is 1. The molecule has 0 aromatic heterocycles. The lowest BCUT2D eigenvalue weighted by Gasteiger charge is -2.28. The molecule has 2 aliphatic rings. The monoisotopic (exact) mass is 326 g/mol. The van der Waals surface area contributed by atoms with Crippen LogP contribution in [0.5, 0.6) is 0 Å². The predicted molar refractivity (Wildman–Crippen MR) is 83.4 cm³/mol. The van der Waals surface area contributed by atoms with E-state index in [0.717, 1.165) is 19.6 Å². The van der Waals surface area contributed by atoms with Crippen LogP contribution in [-0.2, 0) is 4.79 Å². The van der Waals surface area contributed by atoms with Gasteiger partial charge in [-0.25, -0.2) is 0 Å². The number of carbonyl (C=O) groups is 2. The molecule has 0 N–H and O–H groups in total. The van der Waals surface area contributed by atoms with Crippen molar-refractivity contribution in [3.63, 3.8) is 0 Å². The molecule has 3 rings (SSSR count). The van der Waals surface area contributed by atoms with Crippen molar-refractivity contribution in [1.29, 1.82) is 0 Å². The standard InChI is InChI=1S/C15H16Cl2N2O2/c16-10-4-5-11(17)13-12(10)14(20)15(21)19(13)9-8-18-6-2-1-3-7-18/h4-5H,1-3,6-9H2. The van der Waals surface area contributed by atoms with Gasteiger partial charge in [0.05, 0.1) is 21.3 Å². The van der Waals surface area contributed by atoms with Crippen LogP contribution >= 0.6 is 23.2 Å². The number of piperidine rings is 1. The fourth-order valence-corrected chi connectivity index (χ4v) is 3.49. The predicted octanol–water partition coefficient (Wildman–Crippen LogP) is 3.01. The molecular weight excluding hydrogens is 311 g/mol. The van der Waals surface area contributed by atoms with Crippen molar-refractivity contribution in [2.24, 2.45) is 0 Å². The Bertz CT molecular complexity index is 598. The van der Waals surface area contributed by atoms with Gasteiger partial charge in [-0.05, 0) is 38.1 Å². The third kappa shape index (κ3) is 2.68. The van der Waals surface area contributed by atoms with Gasteiger partial charge < -0.3 is 9.80 Å². The summed E-state index contributed by atoms with van der Waals surface area (Å²) in [6, 6.07) is 3.19. The third-order valence-corrected chi connectivity index (χ3v) is 4.72. The average molecular weight is 327 g/mol. The molecule has 21 heavy (non-hydrogen) atoms. The zero-order valence-electron chi connectivity index (χ0n) is 11.6. The highest BCUT2D eigenvalue weighted by atomic mass is 35.5. The normalized spacial score (nSPS) is 19.2. The van der Waals surface area contributed by atoms with Crippen LogP contribution in [0.25, 0.3) is 0 Å². The third-order valence-electron chi connectivity index (χ3n) is 4.10. The lowest BCUT2D eigenvalue weighted by atomic mass is 10.1. The number of rotatable bonds is 3. The van der Waals surface area contributed by atoms with Crippen LogP contribution in [0.1, 0.15) is 29.6 Å². The van der Waals surface area contributed by atoms with E-state index in [2.05, 4.69) is 4.90 Å². The maximum atomic E-state index is 12.2. The van der Waals surface area contributed by atoms with E-state index in [9.17, 15) is 9.59 Å². The molecule has 0 radical (unpaired) electrons. The number of ketones is 1. The minimum Gasteiger partial charge on any atom is -0.302 e. The zero-order valence-corrected chi connectivity index (χ0v) is 13.1. The number of anilines is 1. The van der Waals surface area contributed by atoms with Crippen LogP contribution in [0.3, 0.4) is 0 Å². The Hall–Kier alpha value is -1.10. The molecule has 0 aliphatic carbocycles. The van der Waals surface area contributed by atoms with Crippen molar-refractivity contribution in [1.82, 2.24) is 4.90 Å². The van der Waals surface area contributed by atoms with Gasteiger partial charge in [-0.3, -0.25) is 9.59 Å². The first-order valence-electron chi connectivity index (χ1n) is 7.16. The molecule has 112 valence electrons. The van der Waals surface area contributed by atoms with E-state index in [-0.39, 0.29) is 10.6 Å². The van der Waals surface area contributed by atoms with Crippen LogP contribution in [0.15, 0.2) is 12.1 Å². The summed E-state index contributed by atoms with van der Waals surface area (Å²) in [4.78, 5) is 28.1. The Kier molecular flexibility index (Phi) is 4.20. The molecule has 1 aromatic carbocycles. The van der Waals surface area contributed by atoms with Crippen molar-refractivity contribution in [2.75, 3.05) is 31.1 Å². The van der Waals surface area contributed by atoms with Crippen molar-refractivity contribution in [3.8, 4) is 0 Å². The lowest BCUT2D eigenvalue weighted by molar-refractivity contribution is -0.114. The van der Waals surface area contributed by atoms with E-state index in [4.69, 9.17) is 23.2 Å². The minimum absolute atomic E-state index is 0.243. The summed E-state index contributed by atoms with van der Waals surface area (Å²) in [6.07, 6.45) is 3.65. The van der Waals surface area contributed by atoms with E-state index in [0.29, 0.717) is 17.3 Å². The SMILES string of the molecule is O=C1C(=O)N(CCN2CCCCC2)c2c(Cl)ccc(Cl)c21. The second kappa shape index (κ2) is 5.95. The molecular formula is C15H16Cl2N2O2. The van der Waals surface area contributed by atoms with Crippen LogP contribution in [0, 0.1) is 0 Å². The van der Waals surface area contributed by atoms with Gasteiger partial charge in [0.25, 0.3) is 11.7 Å². The molecule has 0 unspecified atom stereocenters. The van der Waals surface area contributed by atoms with E-state index in [1.165, 1.54) is 24.2 Å². The molecule has 0 saturated carbocycles. The number of halogens is 2. The molecule has 0 spiro atoms. The summed E-state index contributed by atoms with van der Waals surface area (Å²) in [6.45, 7) is 3.32. The van der Waals surface area contributed by atoms with E-state index in [1.54, 1.807) is 12.1 Å². The van der Waals surface area contributed by atoms with Gasteiger partial charge in [-0.1, -0.05) is 29.6 Å². The van der Waals surface area contributed by atoms with E-state index in [1.807, 2.05) is 0 Å². The number of fused-ring (bicyclic) bond motifs is 1. The lowest BCUT2D eigenvalue weighted by Crippen LogP contribution is -2.40. The molecule has 0 bridgehead atoms. The summed E-state index contributed by atoms with van der Waals surface area (Å²) in [5.74, 6) is -1.09. The summed E-state index contributed by atoms with van der Waals surface area (Å²) in [5.41, 5.74) is 0.712. The van der Waals surface area contributed by atoms with Crippen LogP contribution in [0.2, 0.25) is 10.0 Å². The fraction of sp³-hybridized carbons (Fsp3) is 0.467. The number of hydrogen-bond donors (Lipinski definition) is 0. The van der Waals surface area contributed by atoms with Gasteiger partial charge in [0.2, 0.25) is 0 Å². The number of amides is 1. The summed E-state index contributed by atoms with van der Waals surface area (Å²) < 4.78 is 0. The van der Waals surface area contributed by atoms with Crippen molar-refractivity contribution < 1.29 is 9.59 Å². The second-order valence-corrected chi connectivity index (χ2v) is 6.26. The number of hydrogen-bond acceptors (Lipinski definition) is 3. The molecule has 1 aromatic rings. The second-order valence-electron chi connectivity index (χ2n) is 5.44. The topological polar surface area (TPSA) is 40.6 Å². The highest BCUT2D eigenvalue weighted by molar-refractivity contribution is 6.56. The van der Waals surface area contributed by atoms with Crippen molar-refractivity contribution in [2.45, 2.75) is 19.3 Å². The zero-order chi connectivity index (χ0) is 15.0. The van der Waals surface area contributed by atoms with Crippen LogP contribution in [-0.4, -0.2) is 42.8 Å². The molecule has 0 atom stereocenters. The van der Waals surface area contributed by atoms with Gasteiger partial charge in [0.15, 0.2) is 0 Å². The van der Waals surface area contributed by atoms with E-state index < -0.39 is 11.7 Å². The minimum atomic E-state index is -0.559. The number of nitrogens with zero attached hydrogens (tertiary/aromatic N) is 2. The Balaban J connectivity index is 1.82. The average Bonchev–Trinajstić information content (AvgIpc) is 2.75. The summed E-state index contributed by atoms with van der Waals surface area (Å²) in [7, 11) is 0. The number of Topliss-reactive ketones (excluding diaryl/α,β-unsaturated/α-hetero) is 1. The largest absolute Gasteiger partial charge is 0.302 e. The number of benzene rings is 1. The quantitative estimate of drug-likeness (QED) is 0.802. The van der Waals surface area contributed by atoms with Gasteiger partial charge in [-0.15, -0.1) is 0 Å². The Morgan fingerprint density at radius 3 is 2.33 bits per heavy atom. The first kappa shape index (κ1) is 14.8. The molecule has 2 aliphatic heterocycles. The fourth-order valence-electron chi connectivity index (χ4n) is 2.99. The molecule has 1 amide bonds. The van der Waals surface area contributed by atoms with Gasteiger partial charge in [0.1, 0.15) is 0 Å². The Morgan fingerprint density at radius 1 is 0.952 bits per heavy atom. The van der Waals surface area contributed by atoms with Crippen LogP contribution < -0.4 is 4.90 Å². The van der Waals surface area contributed by atoms with Gasteiger partial charge in [0, 0.05) is 13.1 Å². The van der Waals surface area contributed by atoms with Crippen LogP contribution in [0.4, 0.5) is 5.69 Å². The maximum absolute atomic E-state index is 12.2. The van der Waals surface area contributed by atoms with Gasteiger partial charge >= 0.3 is 0 Å². The number of carbonyl (C=O) groups excluding carboxylic acids is 2. The summed E-state index contributed by atoms with van der Waals surface area (Å²) >= 11 is 12.2. The molecule has 1 saturated heterocycles.